The molecule has 1 amide bonds. The summed E-state index contributed by atoms with van der Waals surface area (Å²) >= 11 is 0. The Kier molecular flexibility index (Phi) is 7.16. The molecule has 0 spiro atoms. The van der Waals surface area contributed by atoms with Crippen LogP contribution in [0.3, 0.4) is 0 Å². The largest absolute Gasteiger partial charge is 0.480 e. The maximum atomic E-state index is 12.4. The number of benzene rings is 1. The molecule has 1 unspecified atom stereocenters. The van der Waals surface area contributed by atoms with Crippen LogP contribution in [0.25, 0.3) is 0 Å². The first-order valence-electron chi connectivity index (χ1n) is 8.86. The molecule has 1 saturated heterocycles. The van der Waals surface area contributed by atoms with Crippen LogP contribution in [0.2, 0.25) is 0 Å². The van der Waals surface area contributed by atoms with Crippen molar-refractivity contribution >= 4 is 21.7 Å². The Balaban J connectivity index is 1.99. The van der Waals surface area contributed by atoms with E-state index in [2.05, 4.69) is 5.32 Å². The predicted molar refractivity (Wildman–Crippen MR) is 98.8 cm³/mol. The van der Waals surface area contributed by atoms with Gasteiger partial charge in [0, 0.05) is 25.2 Å². The first-order chi connectivity index (χ1) is 12.3. The third-order valence-electron chi connectivity index (χ3n) is 4.48. The lowest BCUT2D eigenvalue weighted by atomic mass is 10.1. The second-order valence-corrected chi connectivity index (χ2v) is 8.94. The fourth-order valence-corrected chi connectivity index (χ4v) is 4.16. The summed E-state index contributed by atoms with van der Waals surface area (Å²) in [6.07, 6.45) is 2.00. The van der Waals surface area contributed by atoms with Crippen LogP contribution in [0.4, 0.5) is 0 Å². The zero-order valence-electron chi connectivity index (χ0n) is 15.0. The van der Waals surface area contributed by atoms with Gasteiger partial charge in [0.2, 0.25) is 0 Å². The highest BCUT2D eigenvalue weighted by Gasteiger charge is 2.22. The molecule has 1 aliphatic heterocycles. The quantitative estimate of drug-likeness (QED) is 0.702. The van der Waals surface area contributed by atoms with Gasteiger partial charge in [-0.1, -0.05) is 31.9 Å². The van der Waals surface area contributed by atoms with Crippen LogP contribution in [0.15, 0.2) is 24.3 Å². The number of aliphatic carboxylic acids is 1. The third-order valence-corrected chi connectivity index (χ3v) is 6.09. The van der Waals surface area contributed by atoms with Gasteiger partial charge in [-0.05, 0) is 24.1 Å². The van der Waals surface area contributed by atoms with Crippen molar-refractivity contribution in [2.75, 3.05) is 24.6 Å². The van der Waals surface area contributed by atoms with E-state index < -0.39 is 27.8 Å². The molecule has 0 radical (unpaired) electrons. The average molecular weight is 382 g/mol. The number of carbonyl (C=O) groups is 2. The Morgan fingerprint density at radius 3 is 2.58 bits per heavy atom. The van der Waals surface area contributed by atoms with Crippen molar-refractivity contribution < 1.29 is 23.1 Å². The highest BCUT2D eigenvalue weighted by atomic mass is 32.2. The minimum Gasteiger partial charge on any atom is -0.480 e. The number of hydrogen-bond acceptors (Lipinski definition) is 5. The summed E-state index contributed by atoms with van der Waals surface area (Å²) in [5.74, 6) is -1.12. The molecule has 0 saturated carbocycles. The first kappa shape index (κ1) is 20.4. The number of unbranched alkanes of at least 4 members (excludes halogenated alkanes) is 1. The third kappa shape index (κ3) is 6.10. The van der Waals surface area contributed by atoms with Crippen molar-refractivity contribution in [3.05, 3.63) is 35.4 Å². The van der Waals surface area contributed by atoms with Gasteiger partial charge in [0.1, 0.15) is 6.04 Å². The van der Waals surface area contributed by atoms with Crippen LogP contribution in [0, 0.1) is 0 Å². The molecule has 1 aromatic rings. The molecular formula is C18H26N2O5S. The molecule has 8 heteroatoms. The van der Waals surface area contributed by atoms with Gasteiger partial charge in [0.15, 0.2) is 9.84 Å². The molecule has 144 valence electrons. The van der Waals surface area contributed by atoms with E-state index in [0.29, 0.717) is 31.6 Å². The molecule has 1 aromatic carbocycles. The molecule has 0 aliphatic carbocycles. The van der Waals surface area contributed by atoms with Gasteiger partial charge in [0.25, 0.3) is 5.91 Å². The van der Waals surface area contributed by atoms with Crippen LogP contribution in [0.5, 0.6) is 0 Å². The minimum absolute atomic E-state index is 0.158. The zero-order chi connectivity index (χ0) is 19.2. The van der Waals surface area contributed by atoms with Gasteiger partial charge < -0.3 is 10.4 Å². The molecule has 2 N–H and O–H groups in total. The van der Waals surface area contributed by atoms with Crippen molar-refractivity contribution in [1.29, 1.82) is 0 Å². The van der Waals surface area contributed by atoms with Crippen LogP contribution in [-0.4, -0.2) is 60.9 Å². The summed E-state index contributed by atoms with van der Waals surface area (Å²) in [5.41, 5.74) is 1.31. The van der Waals surface area contributed by atoms with Crippen LogP contribution < -0.4 is 5.32 Å². The number of rotatable bonds is 8. The molecule has 1 aliphatic rings. The van der Waals surface area contributed by atoms with E-state index in [1.807, 2.05) is 17.9 Å². The molecule has 26 heavy (non-hydrogen) atoms. The SMILES string of the molecule is CCCCC(NC(=O)c1cccc(CN2CCS(=O)(=O)CC2)c1)C(=O)O. The van der Waals surface area contributed by atoms with Gasteiger partial charge in [-0.15, -0.1) is 0 Å². The van der Waals surface area contributed by atoms with E-state index in [0.717, 1.165) is 18.4 Å². The highest BCUT2D eigenvalue weighted by molar-refractivity contribution is 7.91. The lowest BCUT2D eigenvalue weighted by molar-refractivity contribution is -0.139. The summed E-state index contributed by atoms with van der Waals surface area (Å²) in [6, 6.07) is 6.13. The molecule has 2 rings (SSSR count). The lowest BCUT2D eigenvalue weighted by Gasteiger charge is -2.26. The Morgan fingerprint density at radius 2 is 1.96 bits per heavy atom. The second-order valence-electron chi connectivity index (χ2n) is 6.63. The number of carboxylic acids is 1. The van der Waals surface area contributed by atoms with Gasteiger partial charge in [0.05, 0.1) is 11.5 Å². The Morgan fingerprint density at radius 1 is 1.27 bits per heavy atom. The van der Waals surface area contributed by atoms with Crippen LogP contribution in [-0.2, 0) is 21.2 Å². The molecule has 0 aromatic heterocycles. The normalized spacial score (nSPS) is 18.2. The Hall–Kier alpha value is -1.93. The highest BCUT2D eigenvalue weighted by Crippen LogP contribution is 2.12. The van der Waals surface area contributed by atoms with E-state index in [4.69, 9.17) is 0 Å². The fraction of sp³-hybridized carbons (Fsp3) is 0.556. The Labute approximate surface area is 154 Å². The van der Waals surface area contributed by atoms with E-state index in [-0.39, 0.29) is 11.5 Å². The van der Waals surface area contributed by atoms with Crippen LogP contribution >= 0.6 is 0 Å². The van der Waals surface area contributed by atoms with E-state index in [1.54, 1.807) is 18.2 Å². The lowest BCUT2D eigenvalue weighted by Crippen LogP contribution is -2.41. The van der Waals surface area contributed by atoms with Gasteiger partial charge in [-0.2, -0.15) is 0 Å². The summed E-state index contributed by atoms with van der Waals surface area (Å²) in [4.78, 5) is 25.7. The number of carbonyl (C=O) groups excluding carboxylic acids is 1. The first-order valence-corrected chi connectivity index (χ1v) is 10.7. The van der Waals surface area contributed by atoms with E-state index in [9.17, 15) is 23.1 Å². The number of nitrogens with one attached hydrogen (secondary N) is 1. The molecule has 0 bridgehead atoms. The molecule has 1 heterocycles. The number of carboxylic acid groups (broad SMARTS) is 1. The monoisotopic (exact) mass is 382 g/mol. The second kappa shape index (κ2) is 9.14. The zero-order valence-corrected chi connectivity index (χ0v) is 15.8. The van der Waals surface area contributed by atoms with Gasteiger partial charge in [-0.3, -0.25) is 9.69 Å². The van der Waals surface area contributed by atoms with Crippen molar-refractivity contribution in [2.45, 2.75) is 38.8 Å². The molecule has 1 atom stereocenters. The van der Waals surface area contributed by atoms with Crippen molar-refractivity contribution in [2.24, 2.45) is 0 Å². The summed E-state index contributed by atoms with van der Waals surface area (Å²) in [6.45, 7) is 3.50. The van der Waals surface area contributed by atoms with Gasteiger partial charge >= 0.3 is 5.97 Å². The number of amides is 1. The van der Waals surface area contributed by atoms with Crippen LogP contribution in [0.1, 0.15) is 42.1 Å². The smallest absolute Gasteiger partial charge is 0.326 e. The molecule has 1 fully saturated rings. The number of hydrogen-bond donors (Lipinski definition) is 2. The number of nitrogens with zero attached hydrogens (tertiary/aromatic N) is 1. The van der Waals surface area contributed by atoms with Gasteiger partial charge in [-0.25, -0.2) is 13.2 Å². The van der Waals surface area contributed by atoms with E-state index >= 15 is 0 Å². The topological polar surface area (TPSA) is 104 Å². The van der Waals surface area contributed by atoms with Crippen molar-refractivity contribution in [3.8, 4) is 0 Å². The maximum Gasteiger partial charge on any atom is 0.326 e. The molecule has 7 nitrogen and oxygen atoms in total. The Bertz CT molecular complexity index is 734. The summed E-state index contributed by atoms with van der Waals surface area (Å²) in [5, 5.41) is 11.8. The maximum absolute atomic E-state index is 12.4. The fourth-order valence-electron chi connectivity index (χ4n) is 2.88. The summed E-state index contributed by atoms with van der Waals surface area (Å²) < 4.78 is 23.0. The van der Waals surface area contributed by atoms with Crippen molar-refractivity contribution in [1.82, 2.24) is 10.2 Å². The minimum atomic E-state index is -2.92. The standard InChI is InChI=1S/C18H26N2O5S/c1-2-3-7-16(18(22)23)19-17(21)15-6-4-5-14(12-15)13-20-8-10-26(24,25)11-9-20/h4-6,12,16H,2-3,7-11,13H2,1H3,(H,19,21)(H,22,23). The summed E-state index contributed by atoms with van der Waals surface area (Å²) in [7, 11) is -2.92. The number of sulfone groups is 1. The predicted octanol–water partition coefficient (Wildman–Crippen LogP) is 1.29. The van der Waals surface area contributed by atoms with E-state index in [1.165, 1.54) is 0 Å². The average Bonchev–Trinajstić information content (AvgIpc) is 2.60. The van der Waals surface area contributed by atoms with Crippen molar-refractivity contribution in [3.63, 3.8) is 0 Å². The molecular weight excluding hydrogens is 356 g/mol.